The summed E-state index contributed by atoms with van der Waals surface area (Å²) in [6, 6.07) is 8.00. The summed E-state index contributed by atoms with van der Waals surface area (Å²) in [4.78, 5) is 3.98. The molecule has 7 heteroatoms. The maximum absolute atomic E-state index is 11.0. The van der Waals surface area contributed by atoms with Crippen LogP contribution in [0.4, 0.5) is 5.69 Å². The first-order valence-corrected chi connectivity index (χ1v) is 8.72. The Hall–Kier alpha value is -0.830. The second kappa shape index (κ2) is 9.24. The van der Waals surface area contributed by atoms with E-state index in [9.17, 15) is 8.42 Å². The quantitative estimate of drug-likeness (QED) is 0.417. The molecule has 120 valence electrons. The molecular formula is C14H24IN3O2S. The Labute approximate surface area is 144 Å². The van der Waals surface area contributed by atoms with E-state index in [-0.39, 0.29) is 42.2 Å². The number of aliphatic imine (C=N–C) groups is 1. The van der Waals surface area contributed by atoms with E-state index in [2.05, 4.69) is 36.3 Å². The van der Waals surface area contributed by atoms with Crippen molar-refractivity contribution in [2.45, 2.75) is 26.2 Å². The van der Waals surface area contributed by atoms with Gasteiger partial charge in [-0.15, -0.1) is 24.0 Å². The molecule has 3 N–H and O–H groups in total. The molecule has 0 radical (unpaired) electrons. The summed E-state index contributed by atoms with van der Waals surface area (Å²) in [5.74, 6) is 0.761. The maximum Gasteiger partial charge on any atom is 0.193 e. The predicted octanol–water partition coefficient (Wildman–Crippen LogP) is 2.59. The molecule has 0 aromatic heterocycles. The van der Waals surface area contributed by atoms with Crippen LogP contribution in [0.5, 0.6) is 0 Å². The summed E-state index contributed by atoms with van der Waals surface area (Å²) in [6.45, 7) is 4.51. The molecule has 5 nitrogen and oxygen atoms in total. The second-order valence-electron chi connectivity index (χ2n) is 4.95. The Bertz CT molecular complexity index is 556. The van der Waals surface area contributed by atoms with Crippen molar-refractivity contribution in [2.75, 3.05) is 23.9 Å². The highest BCUT2D eigenvalue weighted by molar-refractivity contribution is 14.0. The highest BCUT2D eigenvalue weighted by atomic mass is 127. The fraction of sp³-hybridized carbons (Fsp3) is 0.500. The number of nitrogens with zero attached hydrogens (tertiary/aromatic N) is 1. The molecule has 1 atom stereocenters. The molecule has 1 unspecified atom stereocenters. The van der Waals surface area contributed by atoms with Gasteiger partial charge in [0.2, 0.25) is 0 Å². The van der Waals surface area contributed by atoms with Crippen molar-refractivity contribution in [3.63, 3.8) is 0 Å². The normalized spacial score (nSPS) is 13.4. The Morgan fingerprint density at radius 1 is 1.33 bits per heavy atom. The molecule has 1 rings (SSSR count). The standard InChI is InChI=1S/C14H23N3O2S.HI/c1-4-11(2)12-5-7-13(8-6-12)17-14(15)16-9-10-20(3,18)19;/h5-8,11H,4,9-10H2,1-3H3,(H3,15,16,17);1H. The number of guanidine groups is 1. The third-order valence-electron chi connectivity index (χ3n) is 3.11. The molecule has 0 saturated heterocycles. The molecule has 0 fully saturated rings. The SMILES string of the molecule is CCC(C)c1ccc(NC(N)=NCCS(C)(=O)=O)cc1.I. The zero-order valence-electron chi connectivity index (χ0n) is 12.7. The maximum atomic E-state index is 11.0. The highest BCUT2D eigenvalue weighted by Crippen LogP contribution is 2.20. The van der Waals surface area contributed by atoms with Crippen molar-refractivity contribution >= 4 is 45.5 Å². The van der Waals surface area contributed by atoms with Crippen LogP contribution in [0.2, 0.25) is 0 Å². The number of rotatable bonds is 6. The number of hydrogen-bond donors (Lipinski definition) is 2. The lowest BCUT2D eigenvalue weighted by Gasteiger charge is -2.10. The number of nitrogens with two attached hydrogens (primary N) is 1. The molecule has 0 bridgehead atoms. The molecule has 0 heterocycles. The van der Waals surface area contributed by atoms with E-state index in [4.69, 9.17) is 5.73 Å². The van der Waals surface area contributed by atoms with Crippen LogP contribution in [-0.4, -0.2) is 32.9 Å². The van der Waals surface area contributed by atoms with Gasteiger partial charge in [-0.1, -0.05) is 26.0 Å². The number of hydrogen-bond acceptors (Lipinski definition) is 3. The van der Waals surface area contributed by atoms with E-state index in [1.54, 1.807) is 0 Å². The van der Waals surface area contributed by atoms with E-state index in [1.807, 2.05) is 12.1 Å². The van der Waals surface area contributed by atoms with Crippen LogP contribution >= 0.6 is 24.0 Å². The van der Waals surface area contributed by atoms with Gasteiger partial charge in [0.1, 0.15) is 9.84 Å². The minimum absolute atomic E-state index is 0. The molecule has 1 aromatic carbocycles. The Balaban J connectivity index is 0.00000400. The Morgan fingerprint density at radius 3 is 2.38 bits per heavy atom. The lowest BCUT2D eigenvalue weighted by molar-refractivity contribution is 0.601. The first kappa shape index (κ1) is 20.2. The molecular weight excluding hydrogens is 401 g/mol. The van der Waals surface area contributed by atoms with Crippen molar-refractivity contribution in [3.05, 3.63) is 29.8 Å². The van der Waals surface area contributed by atoms with Gasteiger partial charge in [0, 0.05) is 11.9 Å². The third kappa shape index (κ3) is 8.25. The van der Waals surface area contributed by atoms with Gasteiger partial charge in [0.05, 0.1) is 12.3 Å². The minimum Gasteiger partial charge on any atom is -0.370 e. The van der Waals surface area contributed by atoms with Crippen molar-refractivity contribution < 1.29 is 8.42 Å². The summed E-state index contributed by atoms with van der Waals surface area (Å²) < 4.78 is 21.9. The Kier molecular flexibility index (Phi) is 8.88. The zero-order valence-corrected chi connectivity index (χ0v) is 15.8. The van der Waals surface area contributed by atoms with Gasteiger partial charge in [-0.05, 0) is 30.0 Å². The molecule has 0 spiro atoms. The zero-order chi connectivity index (χ0) is 15.2. The van der Waals surface area contributed by atoms with Crippen LogP contribution < -0.4 is 11.1 Å². The summed E-state index contributed by atoms with van der Waals surface area (Å²) in [6.07, 6.45) is 2.28. The highest BCUT2D eigenvalue weighted by Gasteiger charge is 2.03. The second-order valence-corrected chi connectivity index (χ2v) is 7.21. The van der Waals surface area contributed by atoms with E-state index in [0.717, 1.165) is 12.1 Å². The van der Waals surface area contributed by atoms with Crippen LogP contribution in [0.25, 0.3) is 0 Å². The van der Waals surface area contributed by atoms with Gasteiger partial charge >= 0.3 is 0 Å². The third-order valence-corrected chi connectivity index (χ3v) is 4.03. The summed E-state index contributed by atoms with van der Waals surface area (Å²) in [7, 11) is -3.00. The fourth-order valence-corrected chi connectivity index (χ4v) is 2.07. The van der Waals surface area contributed by atoms with Gasteiger partial charge in [-0.3, -0.25) is 4.99 Å². The fourth-order valence-electron chi connectivity index (χ4n) is 1.65. The molecule has 21 heavy (non-hydrogen) atoms. The van der Waals surface area contributed by atoms with Crippen LogP contribution in [-0.2, 0) is 9.84 Å². The number of sulfone groups is 1. The first-order chi connectivity index (χ1) is 9.31. The molecule has 0 aliphatic rings. The smallest absolute Gasteiger partial charge is 0.193 e. The monoisotopic (exact) mass is 425 g/mol. The van der Waals surface area contributed by atoms with E-state index in [1.165, 1.54) is 11.8 Å². The average Bonchev–Trinajstić information content (AvgIpc) is 2.37. The van der Waals surface area contributed by atoms with Crippen LogP contribution in [0.3, 0.4) is 0 Å². The van der Waals surface area contributed by atoms with Crippen molar-refractivity contribution in [2.24, 2.45) is 10.7 Å². The van der Waals surface area contributed by atoms with Gasteiger partial charge in [0.25, 0.3) is 0 Å². The molecule has 0 aliphatic heterocycles. The van der Waals surface area contributed by atoms with Crippen molar-refractivity contribution in [1.29, 1.82) is 0 Å². The summed E-state index contributed by atoms with van der Waals surface area (Å²) in [5.41, 5.74) is 7.83. The van der Waals surface area contributed by atoms with Crippen LogP contribution in [0, 0.1) is 0 Å². The minimum atomic E-state index is -3.00. The number of nitrogens with one attached hydrogen (secondary N) is 1. The largest absolute Gasteiger partial charge is 0.370 e. The number of anilines is 1. The van der Waals surface area contributed by atoms with Crippen molar-refractivity contribution in [1.82, 2.24) is 0 Å². The van der Waals surface area contributed by atoms with E-state index >= 15 is 0 Å². The van der Waals surface area contributed by atoms with Gasteiger partial charge in [0.15, 0.2) is 5.96 Å². The lowest BCUT2D eigenvalue weighted by Crippen LogP contribution is -2.23. The van der Waals surface area contributed by atoms with Gasteiger partial charge in [-0.25, -0.2) is 8.42 Å². The first-order valence-electron chi connectivity index (χ1n) is 6.66. The summed E-state index contributed by atoms with van der Waals surface area (Å²) in [5, 5.41) is 2.95. The van der Waals surface area contributed by atoms with Gasteiger partial charge < -0.3 is 11.1 Å². The number of benzene rings is 1. The lowest BCUT2D eigenvalue weighted by atomic mass is 9.99. The molecule has 0 aliphatic carbocycles. The van der Waals surface area contributed by atoms with Crippen LogP contribution in [0.1, 0.15) is 31.7 Å². The predicted molar refractivity (Wildman–Crippen MR) is 100 cm³/mol. The van der Waals surface area contributed by atoms with Crippen LogP contribution in [0.15, 0.2) is 29.3 Å². The van der Waals surface area contributed by atoms with E-state index < -0.39 is 9.84 Å². The van der Waals surface area contributed by atoms with Crippen molar-refractivity contribution in [3.8, 4) is 0 Å². The molecule has 0 amide bonds. The van der Waals surface area contributed by atoms with E-state index in [0.29, 0.717) is 5.92 Å². The molecule has 1 aromatic rings. The number of halogens is 1. The topological polar surface area (TPSA) is 84.5 Å². The summed E-state index contributed by atoms with van der Waals surface area (Å²) >= 11 is 0. The molecule has 0 saturated carbocycles. The Morgan fingerprint density at radius 2 is 1.90 bits per heavy atom. The average molecular weight is 425 g/mol. The van der Waals surface area contributed by atoms with Gasteiger partial charge in [-0.2, -0.15) is 0 Å².